The van der Waals surface area contributed by atoms with Crippen molar-refractivity contribution in [3.63, 3.8) is 0 Å². The van der Waals surface area contributed by atoms with Gasteiger partial charge in [-0.15, -0.1) is 11.3 Å². The van der Waals surface area contributed by atoms with E-state index in [0.717, 1.165) is 32.6 Å². The normalized spacial score (nSPS) is 12.0. The summed E-state index contributed by atoms with van der Waals surface area (Å²) >= 11 is 1.66. The largest absolute Gasteiger partial charge is 0.333 e. The van der Waals surface area contributed by atoms with Crippen LogP contribution in [0.25, 0.3) is 15.8 Å². The van der Waals surface area contributed by atoms with Gasteiger partial charge in [0.1, 0.15) is 4.83 Å². The Morgan fingerprint density at radius 2 is 2.00 bits per heavy atom. The predicted octanol–water partition coefficient (Wildman–Crippen LogP) is 4.83. The lowest BCUT2D eigenvalue weighted by Gasteiger charge is -2.10. The van der Waals surface area contributed by atoms with Gasteiger partial charge in [0.2, 0.25) is 5.78 Å². The molecule has 0 atom stereocenters. The molecule has 106 valence electrons. The highest BCUT2D eigenvalue weighted by atomic mass is 32.1. The standard InChI is InChI=1S/C18H17NOS/c1-4-14(15-8-6-5-7-12(15)2)17(20)16-11-13-9-10-21-18(13)19(16)3/h4-11H,1-3H3/b14-4+. The fourth-order valence-corrected chi connectivity index (χ4v) is 3.55. The molecule has 0 amide bonds. The lowest BCUT2D eigenvalue weighted by Crippen LogP contribution is -2.08. The number of rotatable bonds is 3. The molecule has 0 aliphatic heterocycles. The molecule has 0 aliphatic rings. The summed E-state index contributed by atoms with van der Waals surface area (Å²) in [5.41, 5.74) is 3.64. The maximum Gasteiger partial charge on any atom is 0.209 e. The highest BCUT2D eigenvalue weighted by molar-refractivity contribution is 7.16. The van der Waals surface area contributed by atoms with E-state index in [0.29, 0.717) is 0 Å². The number of hydrogen-bond acceptors (Lipinski definition) is 2. The molecular formula is C18H17NOS. The van der Waals surface area contributed by atoms with E-state index in [1.807, 2.05) is 61.9 Å². The van der Waals surface area contributed by atoms with Gasteiger partial charge in [0.25, 0.3) is 0 Å². The number of aryl methyl sites for hydroxylation is 2. The van der Waals surface area contributed by atoms with Crippen molar-refractivity contribution in [1.82, 2.24) is 4.57 Å². The van der Waals surface area contributed by atoms with Gasteiger partial charge >= 0.3 is 0 Å². The summed E-state index contributed by atoms with van der Waals surface area (Å²) in [7, 11) is 1.96. The van der Waals surface area contributed by atoms with Crippen LogP contribution in [0.3, 0.4) is 0 Å². The van der Waals surface area contributed by atoms with Crippen LogP contribution in [-0.4, -0.2) is 10.4 Å². The van der Waals surface area contributed by atoms with E-state index in [4.69, 9.17) is 0 Å². The first kappa shape index (κ1) is 13.8. The first-order chi connectivity index (χ1) is 10.1. The van der Waals surface area contributed by atoms with Gasteiger partial charge in [-0.05, 0) is 42.5 Å². The van der Waals surface area contributed by atoms with Crippen LogP contribution in [-0.2, 0) is 7.05 Å². The topological polar surface area (TPSA) is 22.0 Å². The maximum atomic E-state index is 12.9. The van der Waals surface area contributed by atoms with Gasteiger partial charge in [-0.1, -0.05) is 30.3 Å². The second kappa shape index (κ2) is 5.34. The minimum Gasteiger partial charge on any atom is -0.333 e. The summed E-state index contributed by atoms with van der Waals surface area (Å²) < 4.78 is 1.99. The van der Waals surface area contributed by atoms with Crippen molar-refractivity contribution >= 4 is 32.9 Å². The van der Waals surface area contributed by atoms with Gasteiger partial charge < -0.3 is 4.57 Å². The van der Waals surface area contributed by atoms with Crippen molar-refractivity contribution < 1.29 is 4.79 Å². The lowest BCUT2D eigenvalue weighted by molar-refractivity contribution is 0.104. The fraction of sp³-hybridized carbons (Fsp3) is 0.167. The van der Waals surface area contributed by atoms with Gasteiger partial charge in [0, 0.05) is 18.0 Å². The molecule has 0 unspecified atom stereocenters. The summed E-state index contributed by atoms with van der Waals surface area (Å²) in [5.74, 6) is 0.0812. The number of hydrogen-bond donors (Lipinski definition) is 0. The lowest BCUT2D eigenvalue weighted by atomic mass is 9.95. The molecule has 3 rings (SSSR count). The summed E-state index contributed by atoms with van der Waals surface area (Å²) in [6.07, 6.45) is 1.91. The Bertz CT molecular complexity index is 851. The molecule has 0 bridgehead atoms. The van der Waals surface area contributed by atoms with Gasteiger partial charge in [0.15, 0.2) is 0 Å². The minimum atomic E-state index is 0.0812. The summed E-state index contributed by atoms with van der Waals surface area (Å²) in [6.45, 7) is 3.96. The van der Waals surface area contributed by atoms with Crippen LogP contribution in [0.1, 0.15) is 28.5 Å². The van der Waals surface area contributed by atoms with Gasteiger partial charge in [-0.2, -0.15) is 0 Å². The first-order valence-electron chi connectivity index (χ1n) is 6.93. The smallest absolute Gasteiger partial charge is 0.209 e. The first-order valence-corrected chi connectivity index (χ1v) is 7.81. The van der Waals surface area contributed by atoms with Crippen LogP contribution in [0.4, 0.5) is 0 Å². The van der Waals surface area contributed by atoms with E-state index in [-0.39, 0.29) is 5.78 Å². The number of fused-ring (bicyclic) bond motifs is 1. The zero-order chi connectivity index (χ0) is 15.0. The molecule has 2 aromatic heterocycles. The van der Waals surface area contributed by atoms with Crippen molar-refractivity contribution in [3.05, 3.63) is 64.7 Å². The number of aromatic nitrogens is 1. The number of allylic oxidation sites excluding steroid dienone is 2. The van der Waals surface area contributed by atoms with Crippen molar-refractivity contribution in [2.75, 3.05) is 0 Å². The van der Waals surface area contributed by atoms with Crippen LogP contribution in [0.15, 0.2) is 47.9 Å². The Morgan fingerprint density at radius 1 is 1.24 bits per heavy atom. The number of nitrogens with zero attached hydrogens (tertiary/aromatic N) is 1. The fourth-order valence-electron chi connectivity index (χ4n) is 2.69. The third-order valence-corrected chi connectivity index (χ3v) is 4.84. The van der Waals surface area contributed by atoms with Crippen molar-refractivity contribution in [2.24, 2.45) is 7.05 Å². The number of carbonyl (C=O) groups is 1. The summed E-state index contributed by atoms with van der Waals surface area (Å²) in [6, 6.07) is 12.1. The van der Waals surface area contributed by atoms with Crippen molar-refractivity contribution in [3.8, 4) is 0 Å². The maximum absolute atomic E-state index is 12.9. The van der Waals surface area contributed by atoms with E-state index in [1.165, 1.54) is 0 Å². The highest BCUT2D eigenvalue weighted by Crippen LogP contribution is 2.28. The number of Topliss-reactive ketones (excluding diaryl/α,β-unsaturated/α-hetero) is 1. The third kappa shape index (κ3) is 2.24. The van der Waals surface area contributed by atoms with Crippen LogP contribution in [0, 0.1) is 6.92 Å². The van der Waals surface area contributed by atoms with Crippen LogP contribution >= 0.6 is 11.3 Å². The van der Waals surface area contributed by atoms with E-state index < -0.39 is 0 Å². The third-order valence-electron chi connectivity index (χ3n) is 3.83. The second-order valence-electron chi connectivity index (χ2n) is 5.12. The molecule has 21 heavy (non-hydrogen) atoms. The molecular weight excluding hydrogens is 278 g/mol. The second-order valence-corrected chi connectivity index (χ2v) is 6.01. The molecule has 2 nitrogen and oxygen atoms in total. The van der Waals surface area contributed by atoms with E-state index in [9.17, 15) is 4.79 Å². The molecule has 3 aromatic rings. The summed E-state index contributed by atoms with van der Waals surface area (Å²) in [5, 5.41) is 3.18. The van der Waals surface area contributed by atoms with Crippen molar-refractivity contribution in [1.29, 1.82) is 0 Å². The number of benzene rings is 1. The van der Waals surface area contributed by atoms with Gasteiger partial charge in [-0.25, -0.2) is 0 Å². The Balaban J connectivity index is 2.10. The quantitative estimate of drug-likeness (QED) is 0.501. The Morgan fingerprint density at radius 3 is 2.67 bits per heavy atom. The molecule has 0 N–H and O–H groups in total. The molecule has 1 aromatic carbocycles. The zero-order valence-corrected chi connectivity index (χ0v) is 13.2. The predicted molar refractivity (Wildman–Crippen MR) is 90.0 cm³/mol. The molecule has 2 heterocycles. The van der Waals surface area contributed by atoms with Crippen LogP contribution in [0.5, 0.6) is 0 Å². The molecule has 0 aliphatic carbocycles. The molecule has 0 fully saturated rings. The average molecular weight is 295 g/mol. The zero-order valence-electron chi connectivity index (χ0n) is 12.4. The van der Waals surface area contributed by atoms with Crippen LogP contribution in [0.2, 0.25) is 0 Å². The van der Waals surface area contributed by atoms with Gasteiger partial charge in [-0.3, -0.25) is 4.79 Å². The Hall–Kier alpha value is -2.13. The number of ketones is 1. The van der Waals surface area contributed by atoms with E-state index in [1.54, 1.807) is 11.3 Å². The van der Waals surface area contributed by atoms with E-state index in [2.05, 4.69) is 11.4 Å². The molecule has 0 radical (unpaired) electrons. The highest BCUT2D eigenvalue weighted by Gasteiger charge is 2.19. The Kier molecular flexibility index (Phi) is 3.52. The Labute approximate surface area is 128 Å². The van der Waals surface area contributed by atoms with Gasteiger partial charge in [0.05, 0.1) is 5.69 Å². The molecule has 3 heteroatoms. The SMILES string of the molecule is C/C=C(/C(=O)c1cc2ccsc2n1C)c1ccccc1C. The average Bonchev–Trinajstić information content (AvgIpc) is 3.05. The molecule has 0 saturated carbocycles. The van der Waals surface area contributed by atoms with E-state index >= 15 is 0 Å². The monoisotopic (exact) mass is 295 g/mol. The number of thiophene rings is 1. The van der Waals surface area contributed by atoms with Crippen LogP contribution < -0.4 is 0 Å². The minimum absolute atomic E-state index is 0.0812. The molecule has 0 spiro atoms. The molecule has 0 saturated heterocycles. The van der Waals surface area contributed by atoms with Crippen molar-refractivity contribution in [2.45, 2.75) is 13.8 Å². The summed E-state index contributed by atoms with van der Waals surface area (Å²) in [4.78, 5) is 14.1. The number of carbonyl (C=O) groups excluding carboxylic acids is 1.